The number of hydrogen-bond acceptors (Lipinski definition) is 12. The van der Waals surface area contributed by atoms with E-state index >= 15 is 8.78 Å². The van der Waals surface area contributed by atoms with Gasteiger partial charge in [-0.3, -0.25) is 24.3 Å². The van der Waals surface area contributed by atoms with Gasteiger partial charge in [-0.25, -0.2) is 22.5 Å². The number of rotatable bonds is 10. The Kier molecular flexibility index (Phi) is 11.7. The molecule has 1 spiro atoms. The first-order valence-corrected chi connectivity index (χ1v) is 21.8. The van der Waals surface area contributed by atoms with Gasteiger partial charge in [-0.05, 0) is 112 Å². The van der Waals surface area contributed by atoms with Gasteiger partial charge in [0.2, 0.25) is 11.8 Å². The molecule has 4 saturated heterocycles. The number of piperidine rings is 2. The summed E-state index contributed by atoms with van der Waals surface area (Å²) < 4.78 is 63.0. The molecule has 2 amide bonds. The van der Waals surface area contributed by atoms with Crippen molar-refractivity contribution in [3.63, 3.8) is 0 Å². The summed E-state index contributed by atoms with van der Waals surface area (Å²) in [5.74, 6) is -1.69. The summed E-state index contributed by atoms with van der Waals surface area (Å²) in [6.07, 6.45) is 7.72. The molecule has 4 aliphatic heterocycles. The summed E-state index contributed by atoms with van der Waals surface area (Å²) in [7, 11) is 0. The number of hydrogen-bond donors (Lipinski definition) is 3. The summed E-state index contributed by atoms with van der Waals surface area (Å²) in [5, 5.41) is 15.7. The van der Waals surface area contributed by atoms with E-state index in [2.05, 4.69) is 25.2 Å². The molecule has 1 aliphatic carbocycles. The van der Waals surface area contributed by atoms with Crippen LogP contribution in [0.5, 0.6) is 11.5 Å². The van der Waals surface area contributed by atoms with Crippen molar-refractivity contribution in [3.8, 4) is 17.6 Å². The predicted octanol–water partition coefficient (Wildman–Crippen LogP) is 7.10. The number of aromatic nitrogens is 2. The second kappa shape index (κ2) is 17.3. The Balaban J connectivity index is 0.798. The minimum Gasteiger partial charge on any atom is -0.453 e. The highest BCUT2D eigenvalue weighted by Gasteiger charge is 2.45. The van der Waals surface area contributed by atoms with E-state index in [9.17, 15) is 24.0 Å². The van der Waals surface area contributed by atoms with Crippen LogP contribution in [0.3, 0.4) is 0 Å². The van der Waals surface area contributed by atoms with Crippen molar-refractivity contribution in [2.45, 2.75) is 100 Å². The fraction of sp³-hybridized carbons (Fsp3) is 0.477. The molecule has 13 nitrogen and oxygen atoms in total. The Morgan fingerprint density at radius 1 is 0.951 bits per heavy atom. The van der Waals surface area contributed by atoms with Crippen molar-refractivity contribution in [3.05, 3.63) is 88.0 Å². The van der Waals surface area contributed by atoms with Gasteiger partial charge in [0.25, 0.3) is 5.56 Å². The van der Waals surface area contributed by atoms with E-state index in [1.54, 1.807) is 27.3 Å². The number of amides is 2. The molecule has 1 saturated carbocycles. The summed E-state index contributed by atoms with van der Waals surface area (Å²) >= 11 is 1.15. The molecular formula is C44H47F3N8O5S. The van der Waals surface area contributed by atoms with Crippen LogP contribution in [0.25, 0.3) is 10.9 Å². The quantitative estimate of drug-likeness (QED) is 0.110. The van der Waals surface area contributed by atoms with E-state index < -0.39 is 18.0 Å². The van der Waals surface area contributed by atoms with Crippen LogP contribution in [0.2, 0.25) is 0 Å². The fourth-order valence-electron chi connectivity index (χ4n) is 9.67. The van der Waals surface area contributed by atoms with Gasteiger partial charge >= 0.3 is 0 Å². The molecule has 17 heteroatoms. The van der Waals surface area contributed by atoms with Crippen molar-refractivity contribution in [2.75, 3.05) is 42.8 Å². The van der Waals surface area contributed by atoms with E-state index in [0.29, 0.717) is 66.3 Å². The van der Waals surface area contributed by atoms with Crippen molar-refractivity contribution >= 4 is 46.2 Å². The van der Waals surface area contributed by atoms with Crippen molar-refractivity contribution in [2.24, 2.45) is 0 Å². The standard InChI is InChI=1S/C44H47F3N8O5S/c45-27-13-16-54(23-27)61-52-38-10-8-35(46)41(34(38)22-48)60-31-6-9-37-33(20-31)43(58)55(25-49-37)30-21-44(59-24-30)14-17-53(18-15-44)29-4-1-26(2-5-29)32-7-3-28(19-36(32)47)50-39-11-12-40(56)51-42(39)57/h3,6-10,19-20,25-27,29-30,39,50,52H,1-2,4-5,11-18,21,23-24H2,(H,51,56,57). The zero-order valence-corrected chi connectivity index (χ0v) is 34.3. The van der Waals surface area contributed by atoms with Gasteiger partial charge in [0.15, 0.2) is 11.6 Å². The average Bonchev–Trinajstić information content (AvgIpc) is 3.88. The Labute approximate surface area is 355 Å². The molecule has 320 valence electrons. The Hall–Kier alpha value is -5.15. The van der Waals surface area contributed by atoms with Gasteiger partial charge in [0.1, 0.15) is 35.4 Å². The molecule has 3 aromatic carbocycles. The van der Waals surface area contributed by atoms with Gasteiger partial charge < -0.3 is 24.4 Å². The highest BCUT2D eigenvalue weighted by atomic mass is 32.2. The number of nitrogens with one attached hydrogen (secondary N) is 3. The number of nitriles is 1. The molecule has 61 heavy (non-hydrogen) atoms. The molecule has 3 N–H and O–H groups in total. The summed E-state index contributed by atoms with van der Waals surface area (Å²) in [6.45, 7) is 2.91. The lowest BCUT2D eigenvalue weighted by atomic mass is 9.79. The normalized spacial score (nSPS) is 25.7. The van der Waals surface area contributed by atoms with Crippen molar-refractivity contribution in [1.82, 2.24) is 24.1 Å². The van der Waals surface area contributed by atoms with Crippen LogP contribution in [0.1, 0.15) is 87.3 Å². The molecule has 3 atom stereocenters. The van der Waals surface area contributed by atoms with Crippen LogP contribution in [0, 0.1) is 23.0 Å². The third kappa shape index (κ3) is 8.68. The summed E-state index contributed by atoms with van der Waals surface area (Å²) in [5.41, 5.74) is 1.33. The first-order chi connectivity index (χ1) is 29.5. The van der Waals surface area contributed by atoms with E-state index in [-0.39, 0.29) is 70.8 Å². The third-order valence-corrected chi connectivity index (χ3v) is 14.0. The van der Waals surface area contributed by atoms with Crippen molar-refractivity contribution in [1.29, 1.82) is 5.26 Å². The lowest BCUT2D eigenvalue weighted by Crippen LogP contribution is -2.49. The van der Waals surface area contributed by atoms with E-state index in [1.807, 2.05) is 18.2 Å². The summed E-state index contributed by atoms with van der Waals surface area (Å²) in [4.78, 5) is 44.7. The number of carbonyl (C=O) groups excluding carboxylic acids is 2. The molecule has 5 heterocycles. The SMILES string of the molecule is N#Cc1c(NSN2CCC(F)C2)ccc(F)c1Oc1ccc2ncn(C3COC4(CCN(C5CCC(c6ccc(NC7CCC(=O)NC7=O)cc6F)CC5)CC4)C3)c(=O)c2c1. The molecule has 4 aromatic rings. The van der Waals surface area contributed by atoms with Gasteiger partial charge in [-0.1, -0.05) is 6.07 Å². The number of halogens is 3. The molecule has 0 radical (unpaired) electrons. The van der Waals surface area contributed by atoms with E-state index in [1.165, 1.54) is 24.3 Å². The Morgan fingerprint density at radius 2 is 1.77 bits per heavy atom. The largest absolute Gasteiger partial charge is 0.453 e. The Bertz CT molecular complexity index is 2430. The molecule has 3 unspecified atom stereocenters. The number of carbonyl (C=O) groups is 2. The van der Waals surface area contributed by atoms with Crippen LogP contribution in [0.15, 0.2) is 59.7 Å². The highest BCUT2D eigenvalue weighted by Crippen LogP contribution is 2.43. The maximum Gasteiger partial charge on any atom is 0.261 e. The maximum atomic E-state index is 15.4. The smallest absolute Gasteiger partial charge is 0.261 e. The van der Waals surface area contributed by atoms with Crippen LogP contribution in [-0.4, -0.2) is 87.2 Å². The van der Waals surface area contributed by atoms with Crippen LogP contribution >= 0.6 is 12.1 Å². The van der Waals surface area contributed by atoms with Crippen molar-refractivity contribution < 1.29 is 32.2 Å². The predicted molar refractivity (Wildman–Crippen MR) is 224 cm³/mol. The minimum atomic E-state index is -0.916. The first-order valence-electron chi connectivity index (χ1n) is 21.1. The number of likely N-dealkylation sites (tertiary alicyclic amines) is 1. The lowest BCUT2D eigenvalue weighted by Gasteiger charge is -2.44. The molecule has 5 aliphatic rings. The topological polar surface area (TPSA) is 154 Å². The van der Waals surface area contributed by atoms with Gasteiger partial charge in [-0.2, -0.15) is 5.26 Å². The molecule has 1 aromatic heterocycles. The average molecular weight is 857 g/mol. The number of benzene rings is 3. The second-order valence-corrected chi connectivity index (χ2v) is 17.8. The van der Waals surface area contributed by atoms with Crippen LogP contribution < -0.4 is 25.7 Å². The summed E-state index contributed by atoms with van der Waals surface area (Å²) in [6, 6.07) is 14.1. The highest BCUT2D eigenvalue weighted by molar-refractivity contribution is 7.98. The number of alkyl halides is 1. The van der Waals surface area contributed by atoms with Gasteiger partial charge in [-0.15, -0.1) is 0 Å². The third-order valence-electron chi connectivity index (χ3n) is 13.1. The van der Waals surface area contributed by atoms with Crippen LogP contribution in [-0.2, 0) is 14.3 Å². The Morgan fingerprint density at radius 3 is 2.51 bits per heavy atom. The van der Waals surface area contributed by atoms with E-state index in [4.69, 9.17) is 9.47 Å². The number of anilines is 2. The zero-order chi connectivity index (χ0) is 42.3. The lowest BCUT2D eigenvalue weighted by molar-refractivity contribution is -0.133. The first kappa shape index (κ1) is 41.2. The molecule has 0 bridgehead atoms. The number of nitrogens with zero attached hydrogens (tertiary/aromatic N) is 5. The van der Waals surface area contributed by atoms with Crippen LogP contribution in [0.4, 0.5) is 24.5 Å². The van der Waals surface area contributed by atoms with Gasteiger partial charge in [0.05, 0.1) is 41.2 Å². The molecule has 5 fully saturated rings. The molecular weight excluding hydrogens is 810 g/mol. The van der Waals surface area contributed by atoms with Gasteiger partial charge in [0, 0.05) is 56.5 Å². The number of imide groups is 1. The maximum absolute atomic E-state index is 15.4. The number of ether oxygens (including phenoxy) is 2. The molecule has 9 rings (SSSR count). The zero-order valence-electron chi connectivity index (χ0n) is 33.5. The van der Waals surface area contributed by atoms with E-state index in [0.717, 1.165) is 63.7 Å². The fourth-order valence-corrected chi connectivity index (χ4v) is 10.5. The minimum absolute atomic E-state index is 0.0556. The number of fused-ring (bicyclic) bond motifs is 1. The monoisotopic (exact) mass is 856 g/mol. The second-order valence-electron chi connectivity index (χ2n) is 16.9.